The van der Waals surface area contributed by atoms with E-state index < -0.39 is 0 Å². The molecule has 106 valence electrons. The van der Waals surface area contributed by atoms with Gasteiger partial charge in [-0.15, -0.1) is 0 Å². The third-order valence-corrected chi connectivity index (χ3v) is 4.23. The normalized spacial score (nSPS) is 18.0. The molecule has 1 amide bonds. The van der Waals surface area contributed by atoms with Crippen molar-refractivity contribution in [3.8, 4) is 0 Å². The smallest absolute Gasteiger partial charge is 0.251 e. The number of rotatable bonds is 3. The minimum Gasteiger partial charge on any atom is -0.358 e. The molecular weight excluding hydrogens is 248 g/mol. The first-order chi connectivity index (χ1) is 9.69. The summed E-state index contributed by atoms with van der Waals surface area (Å²) in [6.07, 6.45) is 4.46. The van der Waals surface area contributed by atoms with Gasteiger partial charge in [0.25, 0.3) is 5.91 Å². The van der Waals surface area contributed by atoms with Crippen LogP contribution in [-0.2, 0) is 12.8 Å². The summed E-state index contributed by atoms with van der Waals surface area (Å²) in [7, 11) is 0. The van der Waals surface area contributed by atoms with Gasteiger partial charge in [0.05, 0.1) is 0 Å². The predicted octanol–water partition coefficient (Wildman–Crippen LogP) is 3.43. The maximum atomic E-state index is 12.1. The summed E-state index contributed by atoms with van der Waals surface area (Å²) in [6, 6.07) is 6.01. The van der Waals surface area contributed by atoms with Crippen LogP contribution in [-0.4, -0.2) is 17.4 Å². The van der Waals surface area contributed by atoms with Crippen LogP contribution in [0.1, 0.15) is 48.3 Å². The average Bonchev–Trinajstić information content (AvgIpc) is 2.82. The Labute approximate surface area is 119 Å². The number of hydrogen-bond acceptors (Lipinski definition) is 1. The molecule has 1 aromatic heterocycles. The van der Waals surface area contributed by atoms with Crippen molar-refractivity contribution >= 4 is 16.8 Å². The Morgan fingerprint density at radius 1 is 1.45 bits per heavy atom. The molecule has 0 saturated carbocycles. The molecule has 1 aliphatic rings. The lowest BCUT2D eigenvalue weighted by Gasteiger charge is -2.18. The van der Waals surface area contributed by atoms with Crippen molar-refractivity contribution in [2.75, 3.05) is 6.54 Å². The number of amides is 1. The number of carbonyl (C=O) groups excluding carboxylic acids is 1. The molecule has 20 heavy (non-hydrogen) atoms. The van der Waals surface area contributed by atoms with Crippen molar-refractivity contribution in [3.63, 3.8) is 0 Å². The minimum atomic E-state index is 0.0348. The second-order valence-corrected chi connectivity index (χ2v) is 5.95. The number of aryl methyl sites for hydroxylation is 1. The average molecular weight is 270 g/mol. The lowest BCUT2D eigenvalue weighted by molar-refractivity contribution is 0.0954. The number of aromatic amines is 1. The van der Waals surface area contributed by atoms with Crippen LogP contribution in [0.15, 0.2) is 18.2 Å². The van der Waals surface area contributed by atoms with Gasteiger partial charge in [-0.05, 0) is 55.4 Å². The highest BCUT2D eigenvalue weighted by Crippen LogP contribution is 2.32. The van der Waals surface area contributed by atoms with E-state index in [1.54, 1.807) is 0 Å². The summed E-state index contributed by atoms with van der Waals surface area (Å²) < 4.78 is 0. The number of carbonyl (C=O) groups is 1. The van der Waals surface area contributed by atoms with E-state index >= 15 is 0 Å². The topological polar surface area (TPSA) is 44.9 Å². The molecule has 1 aromatic carbocycles. The lowest BCUT2D eigenvalue weighted by Crippen LogP contribution is -2.23. The summed E-state index contributed by atoms with van der Waals surface area (Å²) in [6.45, 7) is 5.10. The number of aromatic nitrogens is 1. The zero-order chi connectivity index (χ0) is 14.1. The highest BCUT2D eigenvalue weighted by atomic mass is 16.1. The zero-order valence-corrected chi connectivity index (χ0v) is 12.3. The Morgan fingerprint density at radius 3 is 3.10 bits per heavy atom. The van der Waals surface area contributed by atoms with E-state index in [0.29, 0.717) is 0 Å². The fourth-order valence-electron chi connectivity index (χ4n) is 3.07. The second kappa shape index (κ2) is 5.31. The second-order valence-electron chi connectivity index (χ2n) is 5.95. The van der Waals surface area contributed by atoms with Crippen LogP contribution in [0.2, 0.25) is 0 Å². The molecule has 2 aromatic rings. The summed E-state index contributed by atoms with van der Waals surface area (Å²) in [5.74, 6) is 0.770. The molecule has 0 radical (unpaired) electrons. The Kier molecular flexibility index (Phi) is 3.51. The third-order valence-electron chi connectivity index (χ3n) is 4.23. The van der Waals surface area contributed by atoms with Crippen molar-refractivity contribution in [1.29, 1.82) is 0 Å². The number of fused-ring (bicyclic) bond motifs is 3. The van der Waals surface area contributed by atoms with Gasteiger partial charge in [-0.25, -0.2) is 0 Å². The zero-order valence-electron chi connectivity index (χ0n) is 12.3. The molecule has 2 N–H and O–H groups in total. The van der Waals surface area contributed by atoms with Crippen molar-refractivity contribution < 1.29 is 4.79 Å². The maximum Gasteiger partial charge on any atom is 0.251 e. The molecule has 1 atom stereocenters. The van der Waals surface area contributed by atoms with E-state index in [2.05, 4.69) is 24.1 Å². The Hall–Kier alpha value is -1.77. The molecule has 1 aliphatic carbocycles. The van der Waals surface area contributed by atoms with Gasteiger partial charge in [0, 0.05) is 28.7 Å². The van der Waals surface area contributed by atoms with Crippen LogP contribution in [0.3, 0.4) is 0 Å². The van der Waals surface area contributed by atoms with E-state index in [1.807, 2.05) is 18.2 Å². The van der Waals surface area contributed by atoms with Gasteiger partial charge in [0.2, 0.25) is 0 Å². The van der Waals surface area contributed by atoms with E-state index in [9.17, 15) is 4.79 Å². The maximum absolute atomic E-state index is 12.1. The fourth-order valence-corrected chi connectivity index (χ4v) is 3.07. The van der Waals surface area contributed by atoms with Gasteiger partial charge in [-0.1, -0.05) is 13.8 Å². The van der Waals surface area contributed by atoms with Crippen LogP contribution in [0.5, 0.6) is 0 Å². The summed E-state index contributed by atoms with van der Waals surface area (Å²) in [5, 5.41) is 4.18. The van der Waals surface area contributed by atoms with E-state index in [4.69, 9.17) is 0 Å². The fraction of sp³-hybridized carbons (Fsp3) is 0.471. The molecule has 0 fully saturated rings. The van der Waals surface area contributed by atoms with E-state index in [0.717, 1.165) is 42.8 Å². The van der Waals surface area contributed by atoms with Crippen molar-refractivity contribution in [2.24, 2.45) is 5.92 Å². The van der Waals surface area contributed by atoms with Gasteiger partial charge in [0.15, 0.2) is 0 Å². The molecule has 3 nitrogen and oxygen atoms in total. The summed E-state index contributed by atoms with van der Waals surface area (Å²) in [4.78, 5) is 15.6. The molecule has 0 aliphatic heterocycles. The lowest BCUT2D eigenvalue weighted by atomic mass is 9.87. The number of H-pyrrole nitrogens is 1. The molecular formula is C17H22N2O. The van der Waals surface area contributed by atoms with E-state index in [1.165, 1.54) is 23.1 Å². The van der Waals surface area contributed by atoms with Crippen LogP contribution < -0.4 is 5.32 Å². The molecule has 0 bridgehead atoms. The van der Waals surface area contributed by atoms with Crippen LogP contribution in [0.25, 0.3) is 10.9 Å². The SMILES string of the molecule is CCCNC(=O)c1ccc2[nH]c3c(c2c1)CC(C)CC3. The van der Waals surface area contributed by atoms with Gasteiger partial charge < -0.3 is 10.3 Å². The Bertz CT molecular complexity index is 642. The Balaban J connectivity index is 1.98. The minimum absolute atomic E-state index is 0.0348. The molecule has 1 heterocycles. The van der Waals surface area contributed by atoms with E-state index in [-0.39, 0.29) is 5.91 Å². The van der Waals surface area contributed by atoms with Gasteiger partial charge in [-0.3, -0.25) is 4.79 Å². The summed E-state index contributed by atoms with van der Waals surface area (Å²) >= 11 is 0. The quantitative estimate of drug-likeness (QED) is 0.881. The predicted molar refractivity (Wildman–Crippen MR) is 82.1 cm³/mol. The van der Waals surface area contributed by atoms with Crippen molar-refractivity contribution in [3.05, 3.63) is 35.0 Å². The highest BCUT2D eigenvalue weighted by Gasteiger charge is 2.20. The molecule has 3 rings (SSSR count). The standard InChI is InChI=1S/C17H22N2O/c1-3-8-18-17(20)12-5-7-16-14(10-12)13-9-11(2)4-6-15(13)19-16/h5,7,10-11,19H,3-4,6,8-9H2,1-2H3,(H,18,20). The molecule has 1 unspecified atom stereocenters. The first-order valence-corrected chi connectivity index (χ1v) is 7.60. The van der Waals surface area contributed by atoms with Gasteiger partial charge in [0.1, 0.15) is 0 Å². The monoisotopic (exact) mass is 270 g/mol. The van der Waals surface area contributed by atoms with Gasteiger partial charge >= 0.3 is 0 Å². The first kappa shape index (κ1) is 13.2. The number of nitrogens with one attached hydrogen (secondary N) is 2. The van der Waals surface area contributed by atoms with Crippen LogP contribution >= 0.6 is 0 Å². The molecule has 0 spiro atoms. The Morgan fingerprint density at radius 2 is 2.30 bits per heavy atom. The highest BCUT2D eigenvalue weighted by molar-refractivity contribution is 5.99. The van der Waals surface area contributed by atoms with Crippen LogP contribution in [0, 0.1) is 5.92 Å². The van der Waals surface area contributed by atoms with Gasteiger partial charge in [-0.2, -0.15) is 0 Å². The third kappa shape index (κ3) is 2.33. The van der Waals surface area contributed by atoms with Crippen molar-refractivity contribution in [2.45, 2.75) is 39.5 Å². The largest absolute Gasteiger partial charge is 0.358 e. The number of benzene rings is 1. The van der Waals surface area contributed by atoms with Crippen LogP contribution in [0.4, 0.5) is 0 Å². The first-order valence-electron chi connectivity index (χ1n) is 7.60. The molecule has 0 saturated heterocycles. The molecule has 3 heteroatoms. The number of hydrogen-bond donors (Lipinski definition) is 2. The van der Waals surface area contributed by atoms with Crippen molar-refractivity contribution in [1.82, 2.24) is 10.3 Å². The summed E-state index contributed by atoms with van der Waals surface area (Å²) in [5.41, 5.74) is 4.72.